The third kappa shape index (κ3) is 4.20. The number of carbonyl (C=O) groups excluding carboxylic acids is 1. The van der Waals surface area contributed by atoms with Crippen molar-refractivity contribution in [2.24, 2.45) is 11.3 Å². The smallest absolute Gasteiger partial charge is 0.280 e. The van der Waals surface area contributed by atoms with Crippen molar-refractivity contribution in [3.63, 3.8) is 0 Å². The number of hydrogen-bond donors (Lipinski definition) is 1. The van der Waals surface area contributed by atoms with Gasteiger partial charge in [0.1, 0.15) is 11.0 Å². The van der Waals surface area contributed by atoms with E-state index in [1.54, 1.807) is 11.9 Å². The normalized spacial score (nSPS) is 26.9. The average molecular weight is 520 g/mol. The first-order chi connectivity index (χ1) is 16.9. The summed E-state index contributed by atoms with van der Waals surface area (Å²) in [5.74, 6) is -2.17. The van der Waals surface area contributed by atoms with Crippen molar-refractivity contribution in [3.8, 4) is 0 Å². The highest BCUT2D eigenvalue weighted by Gasteiger charge is 2.71. The van der Waals surface area contributed by atoms with E-state index >= 15 is 8.78 Å². The molecular formula is C25H28ClF2N5OS. The number of halogens is 3. The van der Waals surface area contributed by atoms with Gasteiger partial charge in [0.05, 0.1) is 5.41 Å². The van der Waals surface area contributed by atoms with Crippen LogP contribution in [0, 0.1) is 11.3 Å². The fraction of sp³-hybridized carbons (Fsp3) is 0.520. The number of hydrogen-bond acceptors (Lipinski definition) is 6. The molecule has 2 atom stereocenters. The van der Waals surface area contributed by atoms with E-state index in [0.717, 1.165) is 36.6 Å². The van der Waals surface area contributed by atoms with Crippen molar-refractivity contribution in [1.29, 1.82) is 0 Å². The average Bonchev–Trinajstić information content (AvgIpc) is 3.17. The number of piperazine rings is 1. The quantitative estimate of drug-likeness (QED) is 0.451. The Hall–Kier alpha value is -1.94. The minimum absolute atomic E-state index is 0.0212. The third-order valence-electron chi connectivity index (χ3n) is 7.85. The monoisotopic (exact) mass is 519 g/mol. The second kappa shape index (κ2) is 8.87. The number of anilines is 2. The number of aromatic nitrogens is 1. The lowest BCUT2D eigenvalue weighted by atomic mass is 9.91. The summed E-state index contributed by atoms with van der Waals surface area (Å²) in [4.78, 5) is 21.3. The van der Waals surface area contributed by atoms with Crippen LogP contribution in [0.1, 0.15) is 24.8 Å². The SMILES string of the molecule is O=C1CCCN1c1ccc(SN2CCN(c3cc(C(F)(F)C45CNC[C@H]4C5)cc(Cl)n3)CC2)cc1. The van der Waals surface area contributed by atoms with Gasteiger partial charge in [-0.2, -0.15) is 0 Å². The highest BCUT2D eigenvalue weighted by atomic mass is 35.5. The molecule has 6 rings (SSSR count). The number of piperidine rings is 1. The largest absolute Gasteiger partial charge is 0.354 e. The zero-order valence-corrected chi connectivity index (χ0v) is 20.9. The molecule has 4 fully saturated rings. The van der Waals surface area contributed by atoms with Gasteiger partial charge in [-0.15, -0.1) is 0 Å². The minimum Gasteiger partial charge on any atom is -0.354 e. The van der Waals surface area contributed by atoms with Gasteiger partial charge in [-0.3, -0.25) is 4.79 Å². The molecule has 6 nitrogen and oxygen atoms in total. The summed E-state index contributed by atoms with van der Waals surface area (Å²) in [6, 6.07) is 11.0. The van der Waals surface area contributed by atoms with Crippen LogP contribution in [0.15, 0.2) is 41.3 Å². The number of amides is 1. The van der Waals surface area contributed by atoms with Crippen LogP contribution >= 0.6 is 23.5 Å². The molecule has 1 amide bonds. The third-order valence-corrected chi connectivity index (χ3v) is 9.15. The molecule has 1 unspecified atom stereocenters. The summed E-state index contributed by atoms with van der Waals surface area (Å²) in [5, 5.41) is 3.23. The lowest BCUT2D eigenvalue weighted by Gasteiger charge is -2.35. The van der Waals surface area contributed by atoms with Gasteiger partial charge in [0, 0.05) is 61.8 Å². The predicted molar refractivity (Wildman–Crippen MR) is 134 cm³/mol. The number of rotatable bonds is 6. The van der Waals surface area contributed by atoms with Crippen LogP contribution in [0.4, 0.5) is 20.3 Å². The fourth-order valence-corrected chi connectivity index (χ4v) is 6.82. The van der Waals surface area contributed by atoms with Crippen molar-refractivity contribution >= 4 is 41.0 Å². The van der Waals surface area contributed by atoms with Gasteiger partial charge in [0.15, 0.2) is 0 Å². The van der Waals surface area contributed by atoms with Gasteiger partial charge in [0.25, 0.3) is 5.92 Å². The summed E-state index contributed by atoms with van der Waals surface area (Å²) in [6.07, 6.45) is 2.10. The highest BCUT2D eigenvalue weighted by molar-refractivity contribution is 7.97. The van der Waals surface area contributed by atoms with Crippen LogP contribution in [-0.2, 0) is 10.7 Å². The van der Waals surface area contributed by atoms with Crippen LogP contribution in [-0.4, -0.2) is 61.0 Å². The van der Waals surface area contributed by atoms with Gasteiger partial charge in [0.2, 0.25) is 5.91 Å². The molecule has 1 aromatic carbocycles. The molecule has 3 aliphatic heterocycles. The molecule has 10 heteroatoms. The maximum absolute atomic E-state index is 15.5. The molecule has 186 valence electrons. The molecule has 1 aromatic heterocycles. The van der Waals surface area contributed by atoms with E-state index in [1.807, 2.05) is 34.1 Å². The molecule has 4 heterocycles. The van der Waals surface area contributed by atoms with Crippen LogP contribution in [0.2, 0.25) is 5.15 Å². The van der Waals surface area contributed by atoms with Gasteiger partial charge in [-0.25, -0.2) is 18.1 Å². The molecule has 0 spiro atoms. The van der Waals surface area contributed by atoms with E-state index in [-0.39, 0.29) is 22.5 Å². The summed E-state index contributed by atoms with van der Waals surface area (Å²) in [6.45, 7) is 4.71. The number of benzene rings is 1. The summed E-state index contributed by atoms with van der Waals surface area (Å²) < 4.78 is 33.2. The van der Waals surface area contributed by atoms with Gasteiger partial charge in [-0.05, 0) is 73.7 Å². The number of fused-ring (bicyclic) bond motifs is 1. The summed E-state index contributed by atoms with van der Waals surface area (Å²) >= 11 is 7.90. The van der Waals surface area contributed by atoms with Crippen molar-refractivity contribution in [2.75, 3.05) is 55.6 Å². The van der Waals surface area contributed by atoms with Crippen LogP contribution in [0.3, 0.4) is 0 Å². The van der Waals surface area contributed by atoms with E-state index in [4.69, 9.17) is 11.6 Å². The second-order valence-corrected chi connectivity index (χ2v) is 11.5. The highest BCUT2D eigenvalue weighted by Crippen LogP contribution is 2.67. The Kier molecular flexibility index (Phi) is 5.94. The predicted octanol–water partition coefficient (Wildman–Crippen LogP) is 4.39. The van der Waals surface area contributed by atoms with E-state index < -0.39 is 11.3 Å². The molecule has 3 saturated heterocycles. The number of alkyl halides is 2. The first-order valence-electron chi connectivity index (χ1n) is 12.2. The number of nitrogens with one attached hydrogen (secondary N) is 1. The lowest BCUT2D eigenvalue weighted by molar-refractivity contribution is -0.117. The Morgan fingerprint density at radius 2 is 1.89 bits per heavy atom. The zero-order chi connectivity index (χ0) is 24.2. The standard InChI is InChI=1S/C25H28ClF2N5OS/c26-21-12-17(25(27,28)24-14-18(24)15-29-16-24)13-22(30-21)31-8-10-32(11-9-31)35-20-5-3-19(4-6-20)33-7-1-2-23(33)34/h3-6,12-13,18,29H,1-2,7-11,14-16H2/t18-,24?/m1/s1. The Labute approximate surface area is 213 Å². The van der Waals surface area contributed by atoms with Crippen molar-refractivity contribution in [2.45, 2.75) is 30.1 Å². The number of pyridine rings is 1. The van der Waals surface area contributed by atoms with Gasteiger partial charge < -0.3 is 15.1 Å². The fourth-order valence-electron chi connectivity index (χ4n) is 5.71. The molecule has 35 heavy (non-hydrogen) atoms. The van der Waals surface area contributed by atoms with E-state index in [1.165, 1.54) is 12.1 Å². The zero-order valence-electron chi connectivity index (χ0n) is 19.4. The summed E-state index contributed by atoms with van der Waals surface area (Å²) in [5.41, 5.74) is -0.0409. The molecule has 1 N–H and O–H groups in total. The molecular weight excluding hydrogens is 492 g/mol. The first-order valence-corrected chi connectivity index (χ1v) is 13.4. The van der Waals surface area contributed by atoms with Crippen molar-refractivity contribution in [1.82, 2.24) is 14.6 Å². The maximum Gasteiger partial charge on any atom is 0.280 e. The topological polar surface area (TPSA) is 51.7 Å². The Bertz CT molecular complexity index is 1130. The first kappa shape index (κ1) is 23.5. The molecule has 0 radical (unpaired) electrons. The summed E-state index contributed by atoms with van der Waals surface area (Å²) in [7, 11) is 0. The van der Waals surface area contributed by atoms with Crippen LogP contribution in [0.5, 0.6) is 0 Å². The number of nitrogens with zero attached hydrogens (tertiary/aromatic N) is 4. The molecule has 1 aliphatic carbocycles. The van der Waals surface area contributed by atoms with E-state index in [0.29, 0.717) is 44.8 Å². The van der Waals surface area contributed by atoms with Gasteiger partial charge in [-0.1, -0.05) is 11.6 Å². The Morgan fingerprint density at radius 1 is 1.11 bits per heavy atom. The maximum atomic E-state index is 15.5. The lowest BCUT2D eigenvalue weighted by Crippen LogP contribution is -2.44. The van der Waals surface area contributed by atoms with Crippen molar-refractivity contribution < 1.29 is 13.6 Å². The molecule has 2 aromatic rings. The number of carbonyl (C=O) groups is 1. The van der Waals surface area contributed by atoms with Crippen molar-refractivity contribution in [3.05, 3.63) is 47.1 Å². The van der Waals surface area contributed by atoms with E-state index in [9.17, 15) is 4.79 Å². The molecule has 0 bridgehead atoms. The second-order valence-electron chi connectivity index (χ2n) is 9.95. The molecule has 4 aliphatic rings. The Morgan fingerprint density at radius 3 is 2.51 bits per heavy atom. The van der Waals surface area contributed by atoms with E-state index in [2.05, 4.69) is 14.6 Å². The minimum atomic E-state index is -2.92. The Balaban J connectivity index is 1.09. The van der Waals surface area contributed by atoms with Crippen LogP contribution in [0.25, 0.3) is 0 Å². The van der Waals surface area contributed by atoms with Gasteiger partial charge >= 0.3 is 0 Å². The molecule has 1 saturated carbocycles. The van der Waals surface area contributed by atoms with Crippen LogP contribution < -0.4 is 15.1 Å².